The van der Waals surface area contributed by atoms with Crippen LogP contribution in [0.3, 0.4) is 0 Å². The van der Waals surface area contributed by atoms with Gasteiger partial charge in [-0.3, -0.25) is 14.4 Å². The summed E-state index contributed by atoms with van der Waals surface area (Å²) in [6.45, 7) is 6.50. The third kappa shape index (κ3) is 44.2. The number of allylic oxidation sites excluding steroid dienone is 10. The van der Waals surface area contributed by atoms with Crippen LogP contribution < -0.4 is 0 Å². The van der Waals surface area contributed by atoms with Crippen molar-refractivity contribution in [1.82, 2.24) is 0 Å². The van der Waals surface area contributed by atoms with Gasteiger partial charge in [0.1, 0.15) is 13.2 Å². The molecule has 0 aromatic rings. The first-order valence-corrected chi connectivity index (χ1v) is 24.3. The first-order valence-electron chi connectivity index (χ1n) is 24.3. The number of rotatable bonds is 43. The normalized spacial score (nSPS) is 12.5. The lowest BCUT2D eigenvalue weighted by atomic mass is 10.1. The van der Waals surface area contributed by atoms with Gasteiger partial charge in [-0.25, -0.2) is 0 Å². The van der Waals surface area contributed by atoms with Gasteiger partial charge in [-0.05, 0) is 83.5 Å². The van der Waals surface area contributed by atoms with Crippen molar-refractivity contribution in [2.45, 2.75) is 239 Å². The molecular weight excluding hydrogens is 721 g/mol. The quantitative estimate of drug-likeness (QED) is 0.0264. The molecule has 6 heteroatoms. The van der Waals surface area contributed by atoms with Gasteiger partial charge in [-0.1, -0.05) is 191 Å². The van der Waals surface area contributed by atoms with E-state index >= 15 is 0 Å². The molecule has 0 aliphatic heterocycles. The van der Waals surface area contributed by atoms with E-state index in [-0.39, 0.29) is 31.1 Å². The lowest BCUT2D eigenvalue weighted by Crippen LogP contribution is -2.30. The molecule has 0 aliphatic carbocycles. The molecule has 1 atom stereocenters. The SMILES string of the molecule is CCCC/C=C\C/C=C\CCCCCCCC(=O)OC(COC(=O)CCCCCCCCC)COC(=O)CCCCCCCC/C=C\C/C=C\C/C=C\CCCCC. The zero-order chi connectivity index (χ0) is 42.3. The Labute approximate surface area is 358 Å². The third-order valence-corrected chi connectivity index (χ3v) is 10.2. The van der Waals surface area contributed by atoms with E-state index in [2.05, 4.69) is 81.5 Å². The summed E-state index contributed by atoms with van der Waals surface area (Å²) < 4.78 is 16.7. The van der Waals surface area contributed by atoms with Crippen molar-refractivity contribution < 1.29 is 28.6 Å². The van der Waals surface area contributed by atoms with Gasteiger partial charge in [0, 0.05) is 19.3 Å². The van der Waals surface area contributed by atoms with Gasteiger partial charge >= 0.3 is 17.9 Å². The Kier molecular flexibility index (Phi) is 44.5. The van der Waals surface area contributed by atoms with Crippen LogP contribution in [0.15, 0.2) is 60.8 Å². The second-order valence-electron chi connectivity index (χ2n) is 16.0. The Morgan fingerprint density at radius 3 is 1.05 bits per heavy atom. The van der Waals surface area contributed by atoms with Crippen LogP contribution in [-0.4, -0.2) is 37.2 Å². The zero-order valence-corrected chi connectivity index (χ0v) is 38.0. The monoisotopic (exact) mass is 811 g/mol. The summed E-state index contributed by atoms with van der Waals surface area (Å²) in [6.07, 6.45) is 56.4. The second kappa shape index (κ2) is 46.8. The van der Waals surface area contributed by atoms with Crippen molar-refractivity contribution in [1.29, 1.82) is 0 Å². The Hall–Kier alpha value is -2.89. The van der Waals surface area contributed by atoms with Crippen LogP contribution in [-0.2, 0) is 28.6 Å². The molecule has 0 N–H and O–H groups in total. The van der Waals surface area contributed by atoms with Crippen molar-refractivity contribution in [3.8, 4) is 0 Å². The summed E-state index contributed by atoms with van der Waals surface area (Å²) in [4.78, 5) is 37.7. The molecule has 0 aromatic heterocycles. The maximum absolute atomic E-state index is 12.7. The van der Waals surface area contributed by atoms with E-state index in [1.54, 1.807) is 0 Å². The smallest absolute Gasteiger partial charge is 0.306 e. The van der Waals surface area contributed by atoms with Gasteiger partial charge in [0.2, 0.25) is 0 Å². The molecule has 0 bridgehead atoms. The maximum atomic E-state index is 12.7. The fraction of sp³-hybridized carbons (Fsp3) is 0.750. The van der Waals surface area contributed by atoms with Crippen molar-refractivity contribution in [2.75, 3.05) is 13.2 Å². The molecule has 334 valence electrons. The fourth-order valence-corrected chi connectivity index (χ4v) is 6.52. The first kappa shape index (κ1) is 55.1. The van der Waals surface area contributed by atoms with Crippen molar-refractivity contribution in [2.24, 2.45) is 0 Å². The Morgan fingerprint density at radius 1 is 0.345 bits per heavy atom. The number of hydrogen-bond donors (Lipinski definition) is 0. The molecule has 0 aromatic carbocycles. The van der Waals surface area contributed by atoms with Crippen LogP contribution in [0.4, 0.5) is 0 Å². The van der Waals surface area contributed by atoms with Crippen LogP contribution >= 0.6 is 0 Å². The van der Waals surface area contributed by atoms with E-state index in [0.717, 1.165) is 103 Å². The van der Waals surface area contributed by atoms with Gasteiger partial charge in [0.05, 0.1) is 0 Å². The number of ether oxygens (including phenoxy) is 3. The summed E-state index contributed by atoms with van der Waals surface area (Å²) in [5.74, 6) is -0.918. The number of esters is 3. The molecule has 58 heavy (non-hydrogen) atoms. The van der Waals surface area contributed by atoms with E-state index in [9.17, 15) is 14.4 Å². The van der Waals surface area contributed by atoms with Gasteiger partial charge in [-0.2, -0.15) is 0 Å². The molecule has 0 aliphatic rings. The molecule has 0 heterocycles. The number of hydrogen-bond acceptors (Lipinski definition) is 6. The highest BCUT2D eigenvalue weighted by Gasteiger charge is 2.19. The Morgan fingerprint density at radius 2 is 0.638 bits per heavy atom. The molecule has 0 spiro atoms. The molecule has 0 radical (unpaired) electrons. The molecule has 0 rings (SSSR count). The highest BCUT2D eigenvalue weighted by atomic mass is 16.6. The predicted molar refractivity (Wildman–Crippen MR) is 247 cm³/mol. The van der Waals surface area contributed by atoms with Crippen LogP contribution in [0.5, 0.6) is 0 Å². The molecule has 0 amide bonds. The van der Waals surface area contributed by atoms with Gasteiger partial charge in [-0.15, -0.1) is 0 Å². The zero-order valence-electron chi connectivity index (χ0n) is 38.0. The minimum atomic E-state index is -0.782. The Balaban J connectivity index is 4.31. The standard InChI is InChI=1S/C52H90O6/c1-4-7-10-13-16-18-20-22-24-25-26-27-28-30-31-33-36-39-42-45-51(54)57-48-49(47-56-50(53)44-41-38-35-15-12-9-6-3)58-52(55)46-43-40-37-34-32-29-23-21-19-17-14-11-8-5-2/h14,16-18,21-24,26-27,49H,4-13,15,19-20,25,28-48H2,1-3H3/b17-14-,18-16-,23-21-,24-22-,27-26-. The molecule has 1 unspecified atom stereocenters. The highest BCUT2D eigenvalue weighted by molar-refractivity contribution is 5.71. The van der Waals surface area contributed by atoms with Crippen LogP contribution in [0.25, 0.3) is 0 Å². The van der Waals surface area contributed by atoms with E-state index in [4.69, 9.17) is 14.2 Å². The lowest BCUT2D eigenvalue weighted by molar-refractivity contribution is -0.167. The number of carbonyl (C=O) groups excluding carboxylic acids is 3. The average Bonchev–Trinajstić information content (AvgIpc) is 3.22. The van der Waals surface area contributed by atoms with Crippen molar-refractivity contribution >= 4 is 17.9 Å². The number of unbranched alkanes of at least 4 members (excludes halogenated alkanes) is 22. The van der Waals surface area contributed by atoms with Crippen LogP contribution in [0.1, 0.15) is 233 Å². The van der Waals surface area contributed by atoms with Crippen LogP contribution in [0, 0.1) is 0 Å². The molecule has 0 saturated carbocycles. The molecule has 6 nitrogen and oxygen atoms in total. The minimum absolute atomic E-state index is 0.0842. The third-order valence-electron chi connectivity index (χ3n) is 10.2. The molecule has 0 fully saturated rings. The largest absolute Gasteiger partial charge is 0.462 e. The summed E-state index contributed by atoms with van der Waals surface area (Å²) in [5.41, 5.74) is 0. The summed E-state index contributed by atoms with van der Waals surface area (Å²) in [5, 5.41) is 0. The average molecular weight is 811 g/mol. The van der Waals surface area contributed by atoms with Crippen LogP contribution in [0.2, 0.25) is 0 Å². The summed E-state index contributed by atoms with van der Waals surface area (Å²) in [7, 11) is 0. The lowest BCUT2D eigenvalue weighted by Gasteiger charge is -2.18. The highest BCUT2D eigenvalue weighted by Crippen LogP contribution is 2.13. The minimum Gasteiger partial charge on any atom is -0.462 e. The summed E-state index contributed by atoms with van der Waals surface area (Å²) in [6, 6.07) is 0. The maximum Gasteiger partial charge on any atom is 0.306 e. The van der Waals surface area contributed by atoms with Crippen molar-refractivity contribution in [3.63, 3.8) is 0 Å². The second-order valence-corrected chi connectivity index (χ2v) is 16.0. The van der Waals surface area contributed by atoms with Gasteiger partial charge in [0.25, 0.3) is 0 Å². The van der Waals surface area contributed by atoms with Gasteiger partial charge in [0.15, 0.2) is 6.10 Å². The van der Waals surface area contributed by atoms with E-state index in [0.29, 0.717) is 19.3 Å². The first-order chi connectivity index (χ1) is 28.5. The van der Waals surface area contributed by atoms with E-state index < -0.39 is 6.10 Å². The molecular formula is C52H90O6. The predicted octanol–water partition coefficient (Wildman–Crippen LogP) is 15.7. The fourth-order valence-electron chi connectivity index (χ4n) is 6.52. The topological polar surface area (TPSA) is 78.9 Å². The van der Waals surface area contributed by atoms with Gasteiger partial charge < -0.3 is 14.2 Å². The molecule has 0 saturated heterocycles. The summed E-state index contributed by atoms with van der Waals surface area (Å²) >= 11 is 0. The number of carbonyl (C=O) groups is 3. The van der Waals surface area contributed by atoms with E-state index in [1.807, 2.05) is 0 Å². The van der Waals surface area contributed by atoms with Crippen molar-refractivity contribution in [3.05, 3.63) is 60.8 Å². The van der Waals surface area contributed by atoms with E-state index in [1.165, 1.54) is 89.9 Å². The Bertz CT molecular complexity index is 1070.